The second-order valence-corrected chi connectivity index (χ2v) is 2.51. The lowest BCUT2D eigenvalue weighted by molar-refractivity contribution is -0.114. The molecular weight excluding hydrogens is 150 g/mol. The molecule has 1 aromatic carbocycles. The first-order valence-corrected chi connectivity index (χ1v) is 3.72. The van der Waals surface area contributed by atoms with Crippen molar-refractivity contribution in [3.8, 4) is 0 Å². The third-order valence-corrected chi connectivity index (χ3v) is 1.47. The lowest BCUT2D eigenvalue weighted by Crippen LogP contribution is -2.05. The first kappa shape index (κ1) is 8.53. The molecule has 1 amide bonds. The molecule has 2 heteroatoms. The molecule has 0 saturated heterocycles. The molecule has 1 rings (SSSR count). The molecule has 0 aliphatic heterocycles. The summed E-state index contributed by atoms with van der Waals surface area (Å²) in [4.78, 5) is 10.6. The highest BCUT2D eigenvalue weighted by molar-refractivity contribution is 5.88. The van der Waals surface area contributed by atoms with E-state index in [-0.39, 0.29) is 7.33 Å². The topological polar surface area (TPSA) is 29.1 Å². The molecule has 1 N–H and O–H groups in total. The van der Waals surface area contributed by atoms with Crippen LogP contribution in [0.2, 0.25) is 0 Å². The summed E-state index contributed by atoms with van der Waals surface area (Å²) in [6.45, 7) is 5.12. The molecule has 64 valence electrons. The van der Waals surface area contributed by atoms with Gasteiger partial charge in [0.25, 0.3) is 0 Å². The van der Waals surface area contributed by atoms with Gasteiger partial charge in [0, 0.05) is 14.0 Å². The van der Waals surface area contributed by atoms with Crippen LogP contribution in [0.1, 0.15) is 13.9 Å². The van der Waals surface area contributed by atoms with Gasteiger partial charge in [-0.25, -0.2) is 0 Å². The number of nitrogens with one attached hydrogen (secondary N) is 1. The SMILES string of the molecule is C=Cc1ccc(NC(C)=O)cc1.[HH]. The fraction of sp³-hybridized carbons (Fsp3) is 0.100. The van der Waals surface area contributed by atoms with E-state index in [1.165, 1.54) is 6.92 Å². The van der Waals surface area contributed by atoms with Crippen molar-refractivity contribution in [3.63, 3.8) is 0 Å². The Morgan fingerprint density at radius 1 is 1.50 bits per heavy atom. The number of hydrogen-bond donors (Lipinski definition) is 1. The number of hydrogen-bond acceptors (Lipinski definition) is 1. The second kappa shape index (κ2) is 3.72. The predicted octanol–water partition coefficient (Wildman–Crippen LogP) is 2.53. The Labute approximate surface area is 73.4 Å². The first-order chi connectivity index (χ1) is 5.72. The van der Waals surface area contributed by atoms with Gasteiger partial charge in [0.05, 0.1) is 0 Å². The van der Waals surface area contributed by atoms with Gasteiger partial charge in [-0.1, -0.05) is 24.8 Å². The molecule has 0 spiro atoms. The van der Waals surface area contributed by atoms with Crippen LogP contribution in [0.3, 0.4) is 0 Å². The van der Waals surface area contributed by atoms with E-state index in [4.69, 9.17) is 0 Å². The predicted molar refractivity (Wildman–Crippen MR) is 53.0 cm³/mol. The minimum atomic E-state index is -0.0543. The van der Waals surface area contributed by atoms with Gasteiger partial charge in [-0.3, -0.25) is 4.79 Å². The number of rotatable bonds is 2. The zero-order valence-electron chi connectivity index (χ0n) is 7.00. The van der Waals surface area contributed by atoms with Crippen molar-refractivity contribution in [3.05, 3.63) is 36.4 Å². The van der Waals surface area contributed by atoms with Gasteiger partial charge in [0.2, 0.25) is 5.91 Å². The number of benzene rings is 1. The van der Waals surface area contributed by atoms with Gasteiger partial charge < -0.3 is 5.32 Å². The number of carbonyl (C=O) groups is 1. The lowest BCUT2D eigenvalue weighted by Gasteiger charge is -2.00. The molecule has 0 heterocycles. The van der Waals surface area contributed by atoms with Crippen molar-refractivity contribution in [1.29, 1.82) is 0 Å². The summed E-state index contributed by atoms with van der Waals surface area (Å²) in [6.07, 6.45) is 1.76. The van der Waals surface area contributed by atoms with Gasteiger partial charge in [0.15, 0.2) is 0 Å². The molecule has 0 saturated carbocycles. The Bertz CT molecular complexity index is 292. The monoisotopic (exact) mass is 163 g/mol. The van der Waals surface area contributed by atoms with Gasteiger partial charge in [-0.2, -0.15) is 0 Å². The molecule has 0 radical (unpaired) electrons. The number of amides is 1. The van der Waals surface area contributed by atoms with E-state index < -0.39 is 0 Å². The average Bonchev–Trinajstić information content (AvgIpc) is 2.05. The summed E-state index contributed by atoms with van der Waals surface area (Å²) < 4.78 is 0. The third kappa shape index (κ3) is 2.23. The fourth-order valence-corrected chi connectivity index (χ4v) is 0.906. The highest BCUT2D eigenvalue weighted by Gasteiger charge is 1.93. The van der Waals surface area contributed by atoms with E-state index in [1.54, 1.807) is 6.08 Å². The summed E-state index contributed by atoms with van der Waals surface area (Å²) in [5.41, 5.74) is 1.86. The maximum absolute atomic E-state index is 10.6. The Morgan fingerprint density at radius 3 is 2.50 bits per heavy atom. The van der Waals surface area contributed by atoms with E-state index in [0.29, 0.717) is 0 Å². The average molecular weight is 163 g/mol. The van der Waals surface area contributed by atoms with E-state index in [9.17, 15) is 4.79 Å². The molecular formula is C10H13NO. The Balaban J connectivity index is 0.00000144. The minimum absolute atomic E-state index is 0. The Kier molecular flexibility index (Phi) is 2.64. The molecule has 0 aliphatic rings. The van der Waals surface area contributed by atoms with Crippen LogP contribution in [0, 0.1) is 0 Å². The van der Waals surface area contributed by atoms with Crippen molar-refractivity contribution >= 4 is 17.7 Å². The molecule has 12 heavy (non-hydrogen) atoms. The Morgan fingerprint density at radius 2 is 2.08 bits per heavy atom. The molecule has 0 aromatic heterocycles. The smallest absolute Gasteiger partial charge is 0.221 e. The summed E-state index contributed by atoms with van der Waals surface area (Å²) in [7, 11) is 0. The molecule has 1 aromatic rings. The van der Waals surface area contributed by atoms with E-state index in [1.807, 2.05) is 24.3 Å². The van der Waals surface area contributed by atoms with Crippen LogP contribution in [-0.2, 0) is 4.79 Å². The largest absolute Gasteiger partial charge is 0.326 e. The van der Waals surface area contributed by atoms with E-state index >= 15 is 0 Å². The number of anilines is 1. The van der Waals surface area contributed by atoms with Crippen LogP contribution < -0.4 is 5.32 Å². The summed E-state index contributed by atoms with van der Waals surface area (Å²) in [5.74, 6) is -0.0543. The number of carbonyl (C=O) groups excluding carboxylic acids is 1. The quantitative estimate of drug-likeness (QED) is 0.713. The van der Waals surface area contributed by atoms with Gasteiger partial charge >= 0.3 is 0 Å². The third-order valence-electron chi connectivity index (χ3n) is 1.47. The first-order valence-electron chi connectivity index (χ1n) is 3.72. The molecule has 0 bridgehead atoms. The normalized spacial score (nSPS) is 9.08. The fourth-order valence-electron chi connectivity index (χ4n) is 0.906. The van der Waals surface area contributed by atoms with Crippen LogP contribution in [0.15, 0.2) is 30.8 Å². The van der Waals surface area contributed by atoms with Crippen molar-refractivity contribution in [2.45, 2.75) is 6.92 Å². The van der Waals surface area contributed by atoms with Crippen molar-refractivity contribution in [1.82, 2.24) is 0 Å². The molecule has 2 nitrogen and oxygen atoms in total. The van der Waals surface area contributed by atoms with Gasteiger partial charge in [-0.15, -0.1) is 0 Å². The maximum atomic E-state index is 10.6. The van der Waals surface area contributed by atoms with Crippen LogP contribution in [0.5, 0.6) is 0 Å². The van der Waals surface area contributed by atoms with Gasteiger partial charge in [0.1, 0.15) is 0 Å². The minimum Gasteiger partial charge on any atom is -0.326 e. The maximum Gasteiger partial charge on any atom is 0.221 e. The standard InChI is InChI=1S/C10H11NO.H2/c1-3-9-4-6-10(7-5-9)11-8(2)12;/h3-7H,1H2,2H3,(H,11,12);1H. The van der Waals surface area contributed by atoms with Gasteiger partial charge in [-0.05, 0) is 17.7 Å². The van der Waals surface area contributed by atoms with Crippen LogP contribution in [0.25, 0.3) is 6.08 Å². The highest BCUT2D eigenvalue weighted by atomic mass is 16.1. The van der Waals surface area contributed by atoms with Crippen molar-refractivity contribution < 1.29 is 6.22 Å². The summed E-state index contributed by atoms with van der Waals surface area (Å²) in [6, 6.07) is 7.49. The zero-order valence-corrected chi connectivity index (χ0v) is 7.00. The highest BCUT2D eigenvalue weighted by Crippen LogP contribution is 2.09. The molecule has 0 unspecified atom stereocenters. The molecule has 0 aliphatic carbocycles. The second-order valence-electron chi connectivity index (χ2n) is 2.51. The summed E-state index contributed by atoms with van der Waals surface area (Å²) in [5, 5.41) is 2.68. The van der Waals surface area contributed by atoms with E-state index in [0.717, 1.165) is 11.3 Å². The molecule has 0 atom stereocenters. The lowest BCUT2D eigenvalue weighted by atomic mass is 10.2. The van der Waals surface area contributed by atoms with E-state index in [2.05, 4.69) is 11.9 Å². The molecule has 0 fully saturated rings. The van der Waals surface area contributed by atoms with Crippen LogP contribution in [0.4, 0.5) is 5.69 Å². The van der Waals surface area contributed by atoms with Crippen LogP contribution in [-0.4, -0.2) is 5.91 Å². The zero-order chi connectivity index (χ0) is 8.97. The van der Waals surface area contributed by atoms with Crippen molar-refractivity contribution in [2.24, 2.45) is 0 Å². The summed E-state index contributed by atoms with van der Waals surface area (Å²) >= 11 is 0. The van der Waals surface area contributed by atoms with Crippen LogP contribution >= 0.6 is 0 Å². The Hall–Kier alpha value is -1.57. The van der Waals surface area contributed by atoms with Crippen molar-refractivity contribution in [2.75, 3.05) is 5.32 Å².